The summed E-state index contributed by atoms with van der Waals surface area (Å²) in [5.74, 6) is -0.152. The number of carbonyl (C=O) groups excluding carboxylic acids is 1. The molecule has 0 aromatic heterocycles. The van der Waals surface area contributed by atoms with E-state index in [9.17, 15) is 18.0 Å². The first-order valence-corrected chi connectivity index (χ1v) is 6.48. The molecule has 0 aliphatic heterocycles. The molecule has 1 N–H and O–H groups in total. The van der Waals surface area contributed by atoms with Crippen LogP contribution in [-0.4, -0.2) is 12.8 Å². The van der Waals surface area contributed by atoms with Crippen LogP contribution in [0.1, 0.15) is 37.3 Å². The minimum atomic E-state index is -4.41. The average Bonchev–Trinajstić information content (AvgIpc) is 2.41. The van der Waals surface area contributed by atoms with E-state index in [1.165, 1.54) is 18.3 Å². The Bertz CT molecular complexity index is 492. The van der Waals surface area contributed by atoms with E-state index < -0.39 is 11.7 Å². The van der Waals surface area contributed by atoms with Crippen molar-refractivity contribution in [1.29, 1.82) is 0 Å². The third-order valence-electron chi connectivity index (χ3n) is 2.85. The first kappa shape index (κ1) is 16.3. The molecule has 0 bridgehead atoms. The third kappa shape index (κ3) is 4.40. The molecule has 0 unspecified atom stereocenters. The summed E-state index contributed by atoms with van der Waals surface area (Å²) in [7, 11) is 1.61. The third-order valence-corrected chi connectivity index (χ3v) is 2.85. The number of hydrogen-bond acceptors (Lipinski definition) is 2. The number of hydrogen-bond donors (Lipinski definition) is 1. The summed E-state index contributed by atoms with van der Waals surface area (Å²) in [6.45, 7) is 1.96. The molecule has 1 aromatic rings. The maximum Gasteiger partial charge on any atom is 0.416 e. The summed E-state index contributed by atoms with van der Waals surface area (Å²) in [6, 6.07) is 4.83. The summed E-state index contributed by atoms with van der Waals surface area (Å²) < 4.78 is 38.1. The molecule has 0 spiro atoms. The van der Waals surface area contributed by atoms with E-state index in [0.29, 0.717) is 6.42 Å². The Kier molecular flexibility index (Phi) is 5.80. The SMILES string of the molecule is CCCCC(=O)C(=CNC)c1cccc(C(F)(F)F)c1. The molecule has 1 aromatic carbocycles. The van der Waals surface area contributed by atoms with Crippen LogP contribution in [0.15, 0.2) is 30.5 Å². The van der Waals surface area contributed by atoms with Crippen molar-refractivity contribution in [2.45, 2.75) is 32.4 Å². The molecule has 0 heterocycles. The van der Waals surface area contributed by atoms with Gasteiger partial charge in [-0.25, -0.2) is 0 Å². The molecule has 110 valence electrons. The quantitative estimate of drug-likeness (QED) is 0.800. The summed E-state index contributed by atoms with van der Waals surface area (Å²) in [4.78, 5) is 12.1. The molecule has 0 saturated heterocycles. The molecule has 1 rings (SSSR count). The van der Waals surface area contributed by atoms with Gasteiger partial charge in [0.2, 0.25) is 0 Å². The summed E-state index contributed by atoms with van der Waals surface area (Å²) in [5, 5.41) is 2.72. The van der Waals surface area contributed by atoms with Crippen molar-refractivity contribution in [3.05, 3.63) is 41.6 Å². The highest BCUT2D eigenvalue weighted by atomic mass is 19.4. The molecular formula is C15H18F3NO. The van der Waals surface area contributed by atoms with Gasteiger partial charge in [0.15, 0.2) is 5.78 Å². The van der Waals surface area contributed by atoms with Gasteiger partial charge in [0, 0.05) is 25.2 Å². The molecule has 0 amide bonds. The van der Waals surface area contributed by atoms with Gasteiger partial charge in [-0.3, -0.25) is 4.79 Å². The Morgan fingerprint density at radius 1 is 1.35 bits per heavy atom. The van der Waals surface area contributed by atoms with Gasteiger partial charge in [-0.05, 0) is 24.1 Å². The van der Waals surface area contributed by atoms with Crippen LogP contribution in [-0.2, 0) is 11.0 Å². The molecule has 0 fully saturated rings. The van der Waals surface area contributed by atoms with Crippen LogP contribution in [0.3, 0.4) is 0 Å². The van der Waals surface area contributed by atoms with Crippen molar-refractivity contribution in [2.75, 3.05) is 7.05 Å². The number of Topliss-reactive ketones (excluding diaryl/α,β-unsaturated/α-hetero) is 1. The Morgan fingerprint density at radius 2 is 2.05 bits per heavy atom. The van der Waals surface area contributed by atoms with Crippen LogP contribution in [0.4, 0.5) is 13.2 Å². The van der Waals surface area contributed by atoms with E-state index in [1.807, 2.05) is 6.92 Å². The van der Waals surface area contributed by atoms with Gasteiger partial charge in [0.1, 0.15) is 0 Å². The number of allylic oxidation sites excluding steroid dienone is 1. The van der Waals surface area contributed by atoms with Gasteiger partial charge in [-0.15, -0.1) is 0 Å². The molecule has 20 heavy (non-hydrogen) atoms. The molecular weight excluding hydrogens is 267 g/mol. The lowest BCUT2D eigenvalue weighted by Gasteiger charge is -2.11. The Labute approximate surface area is 116 Å². The van der Waals surface area contributed by atoms with Crippen LogP contribution in [0.2, 0.25) is 0 Å². The highest BCUT2D eigenvalue weighted by Crippen LogP contribution is 2.31. The highest BCUT2D eigenvalue weighted by Gasteiger charge is 2.30. The van der Waals surface area contributed by atoms with Crippen molar-refractivity contribution in [3.63, 3.8) is 0 Å². The van der Waals surface area contributed by atoms with E-state index >= 15 is 0 Å². The average molecular weight is 285 g/mol. The second-order valence-corrected chi connectivity index (χ2v) is 4.45. The first-order chi connectivity index (χ1) is 9.40. The van der Waals surface area contributed by atoms with Gasteiger partial charge >= 0.3 is 6.18 Å². The second kappa shape index (κ2) is 7.12. The number of carbonyl (C=O) groups is 1. The molecule has 0 radical (unpaired) electrons. The highest BCUT2D eigenvalue weighted by molar-refractivity contribution is 6.20. The fraction of sp³-hybridized carbons (Fsp3) is 0.400. The van der Waals surface area contributed by atoms with Crippen LogP contribution in [0.5, 0.6) is 0 Å². The Balaban J connectivity index is 3.10. The van der Waals surface area contributed by atoms with Crippen LogP contribution in [0.25, 0.3) is 5.57 Å². The zero-order chi connectivity index (χ0) is 15.2. The van der Waals surface area contributed by atoms with E-state index in [4.69, 9.17) is 0 Å². The number of unbranched alkanes of at least 4 members (excludes halogenated alkanes) is 1. The fourth-order valence-electron chi connectivity index (χ4n) is 1.80. The molecule has 0 aliphatic rings. The topological polar surface area (TPSA) is 29.1 Å². The summed E-state index contributed by atoms with van der Waals surface area (Å²) in [5.41, 5.74) is -0.178. The standard InChI is InChI=1S/C15H18F3NO/c1-3-4-8-14(20)13(10-19-2)11-6-5-7-12(9-11)15(16,17)18/h5-7,9-10,19H,3-4,8H2,1-2H3. The number of nitrogens with one attached hydrogen (secondary N) is 1. The van der Waals surface area contributed by atoms with Gasteiger partial charge in [-0.1, -0.05) is 25.5 Å². The zero-order valence-electron chi connectivity index (χ0n) is 11.6. The lowest BCUT2D eigenvalue weighted by Crippen LogP contribution is -2.09. The minimum absolute atomic E-state index is 0.152. The normalized spacial score (nSPS) is 12.3. The lowest BCUT2D eigenvalue weighted by molar-refractivity contribution is -0.137. The number of ketones is 1. The monoisotopic (exact) mass is 285 g/mol. The van der Waals surface area contributed by atoms with Crippen LogP contribution in [0, 0.1) is 0 Å². The zero-order valence-corrected chi connectivity index (χ0v) is 11.6. The Morgan fingerprint density at radius 3 is 2.60 bits per heavy atom. The predicted octanol–water partition coefficient (Wildman–Crippen LogP) is 4.03. The molecule has 5 heteroatoms. The smallest absolute Gasteiger partial charge is 0.393 e. The minimum Gasteiger partial charge on any atom is -0.393 e. The van der Waals surface area contributed by atoms with E-state index in [-0.39, 0.29) is 16.9 Å². The number of benzene rings is 1. The predicted molar refractivity (Wildman–Crippen MR) is 73.0 cm³/mol. The maximum atomic E-state index is 12.7. The maximum absolute atomic E-state index is 12.7. The largest absolute Gasteiger partial charge is 0.416 e. The number of halogens is 3. The van der Waals surface area contributed by atoms with Crippen LogP contribution >= 0.6 is 0 Å². The molecule has 0 atom stereocenters. The summed E-state index contributed by atoms with van der Waals surface area (Å²) >= 11 is 0. The molecule has 0 saturated carbocycles. The van der Waals surface area contributed by atoms with E-state index in [1.54, 1.807) is 7.05 Å². The van der Waals surface area contributed by atoms with Crippen LogP contribution < -0.4 is 5.32 Å². The van der Waals surface area contributed by atoms with Crippen molar-refractivity contribution >= 4 is 11.4 Å². The number of alkyl halides is 3. The van der Waals surface area contributed by atoms with Crippen molar-refractivity contribution in [3.8, 4) is 0 Å². The van der Waals surface area contributed by atoms with Crippen molar-refractivity contribution in [1.82, 2.24) is 5.32 Å². The fourth-order valence-corrected chi connectivity index (χ4v) is 1.80. The van der Waals surface area contributed by atoms with Crippen molar-refractivity contribution < 1.29 is 18.0 Å². The molecule has 2 nitrogen and oxygen atoms in total. The van der Waals surface area contributed by atoms with Gasteiger partial charge in [-0.2, -0.15) is 13.2 Å². The van der Waals surface area contributed by atoms with Gasteiger partial charge in [0.05, 0.1) is 5.56 Å². The molecule has 0 aliphatic carbocycles. The first-order valence-electron chi connectivity index (χ1n) is 6.48. The van der Waals surface area contributed by atoms with Crippen molar-refractivity contribution in [2.24, 2.45) is 0 Å². The lowest BCUT2D eigenvalue weighted by atomic mass is 9.97. The Hall–Kier alpha value is -1.78. The second-order valence-electron chi connectivity index (χ2n) is 4.45. The number of rotatable bonds is 6. The van der Waals surface area contributed by atoms with E-state index in [0.717, 1.165) is 25.0 Å². The summed E-state index contributed by atoms with van der Waals surface area (Å²) in [6.07, 6.45) is -1.04. The van der Waals surface area contributed by atoms with Gasteiger partial charge < -0.3 is 5.32 Å². The van der Waals surface area contributed by atoms with E-state index in [2.05, 4.69) is 5.32 Å². The van der Waals surface area contributed by atoms with Gasteiger partial charge in [0.25, 0.3) is 0 Å².